The Balaban J connectivity index is 3.10. The molecule has 0 spiro atoms. The van der Waals surface area contributed by atoms with Crippen LogP contribution in [0.3, 0.4) is 0 Å². The predicted molar refractivity (Wildman–Crippen MR) is 61.2 cm³/mol. The van der Waals surface area contributed by atoms with Crippen molar-refractivity contribution in [3.63, 3.8) is 0 Å². The Morgan fingerprint density at radius 3 is 2.60 bits per heavy atom. The van der Waals surface area contributed by atoms with Gasteiger partial charge in [-0.25, -0.2) is 0 Å². The second-order valence-corrected chi connectivity index (χ2v) is 3.50. The number of hydrogen-bond acceptors (Lipinski definition) is 2. The van der Waals surface area contributed by atoms with Crippen molar-refractivity contribution in [3.05, 3.63) is 42.5 Å². The maximum Gasteiger partial charge on any atom is 0.123 e. The first-order valence-electron chi connectivity index (χ1n) is 4.95. The molecule has 0 heterocycles. The fraction of sp³-hybridized carbons (Fsp3) is 0.308. The van der Waals surface area contributed by atoms with Crippen molar-refractivity contribution >= 4 is 6.29 Å². The first-order chi connectivity index (χ1) is 7.24. The molecule has 0 bridgehead atoms. The predicted octanol–water partition coefficient (Wildman–Crippen LogP) is 2.80. The lowest BCUT2D eigenvalue weighted by Gasteiger charge is -2.18. The second-order valence-electron chi connectivity index (χ2n) is 3.50. The van der Waals surface area contributed by atoms with Crippen LogP contribution in [-0.4, -0.2) is 13.4 Å². The SMILES string of the molecule is C=CC(c1ccccc1OC)C(C)C=O. The van der Waals surface area contributed by atoms with Crippen molar-refractivity contribution in [3.8, 4) is 5.75 Å². The summed E-state index contributed by atoms with van der Waals surface area (Å²) in [6.07, 6.45) is 2.73. The molecule has 2 nitrogen and oxygen atoms in total. The molecule has 15 heavy (non-hydrogen) atoms. The number of ether oxygens (including phenoxy) is 1. The summed E-state index contributed by atoms with van der Waals surface area (Å²) in [7, 11) is 1.63. The standard InChI is InChI=1S/C13H16O2/c1-4-11(10(2)9-14)12-7-5-6-8-13(12)15-3/h4-11H,1H2,2-3H3. The summed E-state index contributed by atoms with van der Waals surface area (Å²) < 4.78 is 5.26. The number of para-hydroxylation sites is 1. The normalized spacial score (nSPS) is 14.0. The average molecular weight is 204 g/mol. The molecule has 0 aliphatic rings. The topological polar surface area (TPSA) is 26.3 Å². The van der Waals surface area contributed by atoms with Crippen LogP contribution in [0.25, 0.3) is 0 Å². The molecule has 0 aromatic heterocycles. The van der Waals surface area contributed by atoms with Crippen LogP contribution in [0.15, 0.2) is 36.9 Å². The summed E-state index contributed by atoms with van der Waals surface area (Å²) in [6.45, 7) is 5.65. The molecule has 80 valence electrons. The van der Waals surface area contributed by atoms with Gasteiger partial charge in [0.05, 0.1) is 7.11 Å². The van der Waals surface area contributed by atoms with Gasteiger partial charge in [0.25, 0.3) is 0 Å². The molecular weight excluding hydrogens is 188 g/mol. The number of methoxy groups -OCH3 is 1. The van der Waals surface area contributed by atoms with Crippen LogP contribution < -0.4 is 4.74 Å². The maximum atomic E-state index is 10.8. The van der Waals surface area contributed by atoms with E-state index in [1.807, 2.05) is 31.2 Å². The van der Waals surface area contributed by atoms with E-state index in [2.05, 4.69) is 6.58 Å². The Morgan fingerprint density at radius 2 is 2.07 bits per heavy atom. The molecule has 0 aliphatic carbocycles. The summed E-state index contributed by atoms with van der Waals surface area (Å²) in [5.41, 5.74) is 1.01. The minimum absolute atomic E-state index is 0.0126. The second kappa shape index (κ2) is 5.35. The monoisotopic (exact) mass is 204 g/mol. The largest absolute Gasteiger partial charge is 0.496 e. The number of aldehydes is 1. The van der Waals surface area contributed by atoms with Gasteiger partial charge in [-0.2, -0.15) is 0 Å². The van der Waals surface area contributed by atoms with Gasteiger partial charge in [0.15, 0.2) is 0 Å². The van der Waals surface area contributed by atoms with Gasteiger partial charge in [0, 0.05) is 17.4 Å². The van der Waals surface area contributed by atoms with Gasteiger partial charge in [-0.3, -0.25) is 0 Å². The molecule has 0 N–H and O–H groups in total. The number of allylic oxidation sites excluding steroid dienone is 1. The van der Waals surface area contributed by atoms with E-state index in [0.29, 0.717) is 0 Å². The molecule has 0 amide bonds. The van der Waals surface area contributed by atoms with Crippen molar-refractivity contribution in [1.29, 1.82) is 0 Å². The molecule has 0 aliphatic heterocycles. The van der Waals surface area contributed by atoms with Gasteiger partial charge in [0.1, 0.15) is 12.0 Å². The number of benzene rings is 1. The highest BCUT2D eigenvalue weighted by Crippen LogP contribution is 2.31. The molecule has 1 aromatic carbocycles. The number of carbonyl (C=O) groups is 1. The quantitative estimate of drug-likeness (QED) is 0.544. The zero-order chi connectivity index (χ0) is 11.3. The Bertz CT molecular complexity index is 344. The van der Waals surface area contributed by atoms with E-state index in [1.165, 1.54) is 0 Å². The van der Waals surface area contributed by atoms with E-state index < -0.39 is 0 Å². The molecule has 0 fully saturated rings. The first-order valence-corrected chi connectivity index (χ1v) is 4.95. The van der Waals surface area contributed by atoms with Crippen molar-refractivity contribution in [2.75, 3.05) is 7.11 Å². The van der Waals surface area contributed by atoms with Crippen molar-refractivity contribution in [2.24, 2.45) is 5.92 Å². The summed E-state index contributed by atoms with van der Waals surface area (Å²) in [6, 6.07) is 7.70. The highest BCUT2D eigenvalue weighted by atomic mass is 16.5. The minimum Gasteiger partial charge on any atom is -0.496 e. The molecular formula is C13H16O2. The summed E-state index contributed by atoms with van der Waals surface area (Å²) in [4.78, 5) is 10.8. The summed E-state index contributed by atoms with van der Waals surface area (Å²) in [5, 5.41) is 0. The Kier molecular flexibility index (Phi) is 4.10. The van der Waals surface area contributed by atoms with E-state index in [-0.39, 0.29) is 11.8 Å². The van der Waals surface area contributed by atoms with Crippen LogP contribution in [-0.2, 0) is 4.79 Å². The Hall–Kier alpha value is -1.57. The summed E-state index contributed by atoms with van der Waals surface area (Å²) >= 11 is 0. The minimum atomic E-state index is -0.0844. The summed E-state index contributed by atoms with van der Waals surface area (Å²) in [5.74, 6) is 0.730. The van der Waals surface area contributed by atoms with Gasteiger partial charge in [-0.1, -0.05) is 31.2 Å². The van der Waals surface area contributed by atoms with Crippen LogP contribution in [0.4, 0.5) is 0 Å². The molecule has 2 unspecified atom stereocenters. The van der Waals surface area contributed by atoms with Gasteiger partial charge < -0.3 is 9.53 Å². The molecule has 0 saturated carbocycles. The fourth-order valence-corrected chi connectivity index (χ4v) is 1.65. The zero-order valence-electron chi connectivity index (χ0n) is 9.14. The van der Waals surface area contributed by atoms with Gasteiger partial charge >= 0.3 is 0 Å². The Labute approximate surface area is 90.6 Å². The first kappa shape index (κ1) is 11.5. The zero-order valence-corrected chi connectivity index (χ0v) is 9.14. The third kappa shape index (κ3) is 2.46. The molecule has 0 radical (unpaired) electrons. The number of hydrogen-bond donors (Lipinski definition) is 0. The highest BCUT2D eigenvalue weighted by Gasteiger charge is 2.18. The fourth-order valence-electron chi connectivity index (χ4n) is 1.65. The van der Waals surface area contributed by atoms with Crippen LogP contribution in [0, 0.1) is 5.92 Å². The number of rotatable bonds is 5. The third-order valence-corrected chi connectivity index (χ3v) is 2.53. The number of carbonyl (C=O) groups excluding carboxylic acids is 1. The van der Waals surface area contributed by atoms with Crippen molar-refractivity contribution < 1.29 is 9.53 Å². The van der Waals surface area contributed by atoms with Crippen molar-refractivity contribution in [2.45, 2.75) is 12.8 Å². The average Bonchev–Trinajstić information content (AvgIpc) is 2.30. The smallest absolute Gasteiger partial charge is 0.123 e. The third-order valence-electron chi connectivity index (χ3n) is 2.53. The van der Waals surface area contributed by atoms with Crippen LogP contribution in [0.1, 0.15) is 18.4 Å². The van der Waals surface area contributed by atoms with Gasteiger partial charge in [0.2, 0.25) is 0 Å². The van der Waals surface area contributed by atoms with E-state index in [4.69, 9.17) is 4.74 Å². The molecule has 2 heteroatoms. The molecule has 2 atom stereocenters. The molecule has 1 rings (SSSR count). The van der Waals surface area contributed by atoms with E-state index in [0.717, 1.165) is 17.6 Å². The Morgan fingerprint density at radius 1 is 1.40 bits per heavy atom. The van der Waals surface area contributed by atoms with Gasteiger partial charge in [-0.05, 0) is 6.07 Å². The van der Waals surface area contributed by atoms with Gasteiger partial charge in [-0.15, -0.1) is 6.58 Å². The van der Waals surface area contributed by atoms with Crippen LogP contribution >= 0.6 is 0 Å². The lowest BCUT2D eigenvalue weighted by atomic mass is 9.88. The van der Waals surface area contributed by atoms with Crippen molar-refractivity contribution in [1.82, 2.24) is 0 Å². The molecule has 0 saturated heterocycles. The highest BCUT2D eigenvalue weighted by molar-refractivity contribution is 5.57. The van der Waals surface area contributed by atoms with E-state index >= 15 is 0 Å². The molecule has 1 aromatic rings. The lowest BCUT2D eigenvalue weighted by Crippen LogP contribution is -2.09. The van der Waals surface area contributed by atoms with E-state index in [9.17, 15) is 4.79 Å². The van der Waals surface area contributed by atoms with Crippen LogP contribution in [0.5, 0.6) is 5.75 Å². The van der Waals surface area contributed by atoms with Crippen LogP contribution in [0.2, 0.25) is 0 Å². The maximum absolute atomic E-state index is 10.8. The lowest BCUT2D eigenvalue weighted by molar-refractivity contribution is -0.110. The van der Waals surface area contributed by atoms with E-state index in [1.54, 1.807) is 13.2 Å².